The Kier molecular flexibility index (Phi) is 5.16. The Morgan fingerprint density at radius 2 is 2.37 bits per heavy atom. The molecule has 0 amide bonds. The second kappa shape index (κ2) is 6.87. The largest absolute Gasteiger partial charge is 0.379 e. The molecule has 1 fully saturated rings. The van der Waals surface area contributed by atoms with Gasteiger partial charge in [-0.2, -0.15) is 0 Å². The lowest BCUT2D eigenvalue weighted by atomic mass is 9.95. The van der Waals surface area contributed by atoms with Crippen LogP contribution in [0, 0.1) is 5.92 Å². The lowest BCUT2D eigenvalue weighted by Crippen LogP contribution is -2.44. The molecule has 106 valence electrons. The standard InChI is InChI=1S/C15H25N3O/c1-4-16-9-13-10-17-7-5-14(13)18-8-6-12(2)15(11-18)19-3/h5,7,10,12,15-16H,4,6,8-9,11H2,1-3H3. The highest BCUT2D eigenvalue weighted by Gasteiger charge is 2.27. The van der Waals surface area contributed by atoms with Crippen LogP contribution in [0.5, 0.6) is 0 Å². The lowest BCUT2D eigenvalue weighted by Gasteiger charge is -2.38. The molecule has 2 unspecified atom stereocenters. The summed E-state index contributed by atoms with van der Waals surface area (Å²) in [7, 11) is 1.82. The molecule has 4 heteroatoms. The van der Waals surface area contributed by atoms with Crippen LogP contribution >= 0.6 is 0 Å². The molecule has 0 aliphatic carbocycles. The second-order valence-corrected chi connectivity index (χ2v) is 5.27. The molecule has 2 heterocycles. The van der Waals surface area contributed by atoms with E-state index in [0.29, 0.717) is 12.0 Å². The van der Waals surface area contributed by atoms with Crippen molar-refractivity contribution in [1.29, 1.82) is 0 Å². The second-order valence-electron chi connectivity index (χ2n) is 5.27. The van der Waals surface area contributed by atoms with Crippen molar-refractivity contribution in [2.45, 2.75) is 32.9 Å². The first-order valence-electron chi connectivity index (χ1n) is 7.17. The van der Waals surface area contributed by atoms with Gasteiger partial charge in [0.25, 0.3) is 0 Å². The minimum Gasteiger partial charge on any atom is -0.379 e. The van der Waals surface area contributed by atoms with Crippen molar-refractivity contribution in [3.8, 4) is 0 Å². The minimum atomic E-state index is 0.328. The number of pyridine rings is 1. The molecule has 1 N–H and O–H groups in total. The van der Waals surface area contributed by atoms with E-state index in [1.165, 1.54) is 17.7 Å². The maximum Gasteiger partial charge on any atom is 0.0772 e. The van der Waals surface area contributed by atoms with Crippen LogP contribution in [0.2, 0.25) is 0 Å². The fourth-order valence-electron chi connectivity index (χ4n) is 2.68. The van der Waals surface area contributed by atoms with Crippen molar-refractivity contribution in [2.24, 2.45) is 5.92 Å². The Balaban J connectivity index is 2.12. The number of methoxy groups -OCH3 is 1. The number of hydrogen-bond donors (Lipinski definition) is 1. The Morgan fingerprint density at radius 1 is 1.53 bits per heavy atom. The van der Waals surface area contributed by atoms with E-state index in [4.69, 9.17) is 4.74 Å². The van der Waals surface area contributed by atoms with Gasteiger partial charge in [-0.25, -0.2) is 0 Å². The Morgan fingerprint density at radius 3 is 3.11 bits per heavy atom. The molecular formula is C15H25N3O. The molecule has 0 bridgehead atoms. The zero-order chi connectivity index (χ0) is 13.7. The molecule has 4 nitrogen and oxygen atoms in total. The lowest BCUT2D eigenvalue weighted by molar-refractivity contribution is 0.0498. The van der Waals surface area contributed by atoms with Gasteiger partial charge in [0.15, 0.2) is 0 Å². The van der Waals surface area contributed by atoms with Gasteiger partial charge in [-0.3, -0.25) is 4.98 Å². The maximum absolute atomic E-state index is 5.60. The van der Waals surface area contributed by atoms with Gasteiger partial charge in [-0.05, 0) is 24.9 Å². The Labute approximate surface area is 116 Å². The molecule has 1 aliphatic heterocycles. The molecule has 1 aliphatic rings. The molecule has 19 heavy (non-hydrogen) atoms. The van der Waals surface area contributed by atoms with Gasteiger partial charge in [-0.15, -0.1) is 0 Å². The number of hydrogen-bond acceptors (Lipinski definition) is 4. The first-order valence-corrected chi connectivity index (χ1v) is 7.17. The molecule has 1 aromatic heterocycles. The van der Waals surface area contributed by atoms with E-state index in [9.17, 15) is 0 Å². The average Bonchev–Trinajstić information content (AvgIpc) is 2.46. The summed E-state index contributed by atoms with van der Waals surface area (Å²) in [4.78, 5) is 6.68. The van der Waals surface area contributed by atoms with Gasteiger partial charge >= 0.3 is 0 Å². The third kappa shape index (κ3) is 3.45. The monoisotopic (exact) mass is 263 g/mol. The highest BCUT2D eigenvalue weighted by atomic mass is 16.5. The number of aromatic nitrogens is 1. The summed E-state index contributed by atoms with van der Waals surface area (Å²) in [6, 6.07) is 2.12. The number of piperidine rings is 1. The highest BCUT2D eigenvalue weighted by Crippen LogP contribution is 2.27. The van der Waals surface area contributed by atoms with E-state index in [0.717, 1.165) is 26.2 Å². The van der Waals surface area contributed by atoms with Gasteiger partial charge in [0.05, 0.1) is 6.10 Å². The van der Waals surface area contributed by atoms with Gasteiger partial charge in [0.1, 0.15) is 0 Å². The highest BCUT2D eigenvalue weighted by molar-refractivity contribution is 5.52. The molecule has 0 saturated carbocycles. The predicted octanol–water partition coefficient (Wildman–Crippen LogP) is 2.05. The number of nitrogens with zero attached hydrogens (tertiary/aromatic N) is 2. The fourth-order valence-corrected chi connectivity index (χ4v) is 2.68. The van der Waals surface area contributed by atoms with Crippen LogP contribution in [0.3, 0.4) is 0 Å². The van der Waals surface area contributed by atoms with Crippen LogP contribution in [0.25, 0.3) is 0 Å². The normalized spacial score (nSPS) is 23.6. The Bertz CT molecular complexity index is 397. The summed E-state index contributed by atoms with van der Waals surface area (Å²) in [5.74, 6) is 0.639. The SMILES string of the molecule is CCNCc1cnccc1N1CCC(C)C(OC)C1. The van der Waals surface area contributed by atoms with Gasteiger partial charge in [0.2, 0.25) is 0 Å². The molecular weight excluding hydrogens is 238 g/mol. The maximum atomic E-state index is 5.60. The van der Waals surface area contributed by atoms with E-state index in [1.54, 1.807) is 0 Å². The first-order chi connectivity index (χ1) is 9.26. The smallest absolute Gasteiger partial charge is 0.0772 e. The number of nitrogens with one attached hydrogen (secondary N) is 1. The van der Waals surface area contributed by atoms with Crippen molar-refractivity contribution in [1.82, 2.24) is 10.3 Å². The number of anilines is 1. The number of ether oxygens (including phenoxy) is 1. The summed E-state index contributed by atoms with van der Waals surface area (Å²) >= 11 is 0. The molecule has 1 saturated heterocycles. The summed E-state index contributed by atoms with van der Waals surface area (Å²) in [6.07, 6.45) is 5.36. The van der Waals surface area contributed by atoms with Crippen molar-refractivity contribution in [2.75, 3.05) is 31.6 Å². The quantitative estimate of drug-likeness (QED) is 0.882. The third-order valence-corrected chi connectivity index (χ3v) is 3.98. The minimum absolute atomic E-state index is 0.328. The van der Waals surface area contributed by atoms with E-state index in [2.05, 4.69) is 35.1 Å². The van der Waals surface area contributed by atoms with Crippen molar-refractivity contribution in [3.05, 3.63) is 24.0 Å². The topological polar surface area (TPSA) is 37.4 Å². The summed E-state index contributed by atoms with van der Waals surface area (Å²) in [5, 5.41) is 3.38. The zero-order valence-electron chi connectivity index (χ0n) is 12.2. The van der Waals surface area contributed by atoms with E-state index >= 15 is 0 Å². The van der Waals surface area contributed by atoms with E-state index in [1.807, 2.05) is 19.5 Å². The number of rotatable bonds is 5. The zero-order valence-corrected chi connectivity index (χ0v) is 12.2. The van der Waals surface area contributed by atoms with E-state index in [-0.39, 0.29) is 0 Å². The molecule has 2 atom stereocenters. The van der Waals surface area contributed by atoms with Crippen LogP contribution in [-0.4, -0.2) is 37.8 Å². The summed E-state index contributed by atoms with van der Waals surface area (Å²) in [5.41, 5.74) is 2.57. The molecule has 0 radical (unpaired) electrons. The van der Waals surface area contributed by atoms with Crippen molar-refractivity contribution >= 4 is 5.69 Å². The third-order valence-electron chi connectivity index (χ3n) is 3.98. The first kappa shape index (κ1) is 14.3. The molecule has 2 rings (SSSR count). The predicted molar refractivity (Wildman–Crippen MR) is 78.4 cm³/mol. The van der Waals surface area contributed by atoms with Gasteiger partial charge < -0.3 is 15.0 Å². The van der Waals surface area contributed by atoms with Crippen LogP contribution < -0.4 is 10.2 Å². The van der Waals surface area contributed by atoms with Crippen molar-refractivity contribution < 1.29 is 4.74 Å². The summed E-state index contributed by atoms with van der Waals surface area (Å²) in [6.45, 7) is 8.33. The van der Waals surface area contributed by atoms with Gasteiger partial charge in [0, 0.05) is 50.4 Å². The van der Waals surface area contributed by atoms with Crippen molar-refractivity contribution in [3.63, 3.8) is 0 Å². The fraction of sp³-hybridized carbons (Fsp3) is 0.667. The molecule has 0 aromatic carbocycles. The molecule has 0 spiro atoms. The summed E-state index contributed by atoms with van der Waals surface area (Å²) < 4.78 is 5.60. The van der Waals surface area contributed by atoms with Crippen LogP contribution in [0.4, 0.5) is 5.69 Å². The Hall–Kier alpha value is -1.13. The molecule has 1 aromatic rings. The van der Waals surface area contributed by atoms with Crippen LogP contribution in [0.15, 0.2) is 18.5 Å². The van der Waals surface area contributed by atoms with Crippen LogP contribution in [-0.2, 0) is 11.3 Å². The van der Waals surface area contributed by atoms with Gasteiger partial charge in [-0.1, -0.05) is 13.8 Å². The average molecular weight is 263 g/mol. The van der Waals surface area contributed by atoms with Crippen LogP contribution in [0.1, 0.15) is 25.8 Å². The van der Waals surface area contributed by atoms with E-state index < -0.39 is 0 Å².